The average molecular weight is 379 g/mol. The lowest BCUT2D eigenvalue weighted by atomic mass is 9.96. The molecule has 1 fully saturated rings. The second kappa shape index (κ2) is 7.81. The molecule has 2 aromatic rings. The highest BCUT2D eigenvalue weighted by Gasteiger charge is 2.51. The van der Waals surface area contributed by atoms with Gasteiger partial charge >= 0.3 is 0 Å². The van der Waals surface area contributed by atoms with Gasteiger partial charge in [-0.15, -0.1) is 0 Å². The molecule has 0 bridgehead atoms. The largest absolute Gasteiger partial charge is 0.367 e. The van der Waals surface area contributed by atoms with E-state index in [1.54, 1.807) is 0 Å². The number of para-hydroxylation sites is 2. The summed E-state index contributed by atoms with van der Waals surface area (Å²) >= 11 is 0. The summed E-state index contributed by atoms with van der Waals surface area (Å²) in [5.74, 6) is 0. The van der Waals surface area contributed by atoms with Crippen molar-refractivity contribution in [3.05, 3.63) is 60.7 Å². The molecule has 1 aliphatic rings. The van der Waals surface area contributed by atoms with Gasteiger partial charge in [0.05, 0.1) is 0 Å². The monoisotopic (exact) mass is 378 g/mol. The van der Waals surface area contributed by atoms with Crippen molar-refractivity contribution in [2.75, 3.05) is 16.3 Å². The van der Waals surface area contributed by atoms with Gasteiger partial charge in [-0.2, -0.15) is 0 Å². The molecular weight excluding hydrogens is 340 g/mol. The van der Waals surface area contributed by atoms with Gasteiger partial charge in [-0.05, 0) is 91.5 Å². The van der Waals surface area contributed by atoms with Crippen molar-refractivity contribution in [2.45, 2.75) is 83.8 Å². The van der Waals surface area contributed by atoms with E-state index < -0.39 is 0 Å². The van der Waals surface area contributed by atoms with Gasteiger partial charge in [-0.3, -0.25) is 0 Å². The molecule has 2 heteroatoms. The Morgan fingerprint density at radius 2 is 1.21 bits per heavy atom. The van der Waals surface area contributed by atoms with Crippen LogP contribution in [0.5, 0.6) is 0 Å². The molecule has 0 saturated heterocycles. The van der Waals surface area contributed by atoms with Crippen LogP contribution >= 0.6 is 0 Å². The van der Waals surface area contributed by atoms with Crippen LogP contribution in [-0.4, -0.2) is 23.2 Å². The van der Waals surface area contributed by atoms with Crippen molar-refractivity contribution in [3.8, 4) is 0 Å². The van der Waals surface area contributed by atoms with Crippen molar-refractivity contribution in [1.82, 2.24) is 0 Å². The second-order valence-electron chi connectivity index (χ2n) is 10.3. The molecule has 0 unspecified atom stereocenters. The molecule has 0 radical (unpaired) electrons. The fourth-order valence-electron chi connectivity index (χ4n) is 4.71. The van der Waals surface area contributed by atoms with Crippen LogP contribution in [0.1, 0.15) is 67.2 Å². The van der Waals surface area contributed by atoms with Crippen LogP contribution in [0.3, 0.4) is 0 Å². The van der Waals surface area contributed by atoms with Gasteiger partial charge in [0.25, 0.3) is 0 Å². The lowest BCUT2D eigenvalue weighted by Crippen LogP contribution is -2.50. The van der Waals surface area contributed by atoms with Crippen LogP contribution < -0.4 is 9.80 Å². The summed E-state index contributed by atoms with van der Waals surface area (Å²) in [5.41, 5.74) is 3.26. The lowest BCUT2D eigenvalue weighted by Gasteiger charge is -2.45. The Morgan fingerprint density at radius 3 is 1.64 bits per heavy atom. The summed E-state index contributed by atoms with van der Waals surface area (Å²) in [6, 6.07) is 21.9. The maximum Gasteiger partial charge on any atom is 0.0410 e. The molecule has 0 aliphatic heterocycles. The van der Waals surface area contributed by atoms with E-state index in [1.807, 2.05) is 0 Å². The third kappa shape index (κ3) is 4.71. The van der Waals surface area contributed by atoms with Crippen molar-refractivity contribution in [2.24, 2.45) is 0 Å². The Balaban J connectivity index is 1.73. The van der Waals surface area contributed by atoms with Crippen molar-refractivity contribution >= 4 is 11.4 Å². The van der Waals surface area contributed by atoms with E-state index in [2.05, 4.69) is 112 Å². The zero-order chi connectivity index (χ0) is 20.4. The van der Waals surface area contributed by atoms with Crippen molar-refractivity contribution < 1.29 is 0 Å². The highest BCUT2D eigenvalue weighted by atomic mass is 15.3. The normalized spacial score (nSPS) is 15.9. The molecule has 28 heavy (non-hydrogen) atoms. The molecule has 3 rings (SSSR count). The van der Waals surface area contributed by atoms with Crippen molar-refractivity contribution in [3.63, 3.8) is 0 Å². The molecule has 0 aromatic heterocycles. The highest BCUT2D eigenvalue weighted by Crippen LogP contribution is 2.50. The molecule has 1 aliphatic carbocycles. The van der Waals surface area contributed by atoms with Gasteiger partial charge in [-0.1, -0.05) is 36.4 Å². The highest BCUT2D eigenvalue weighted by molar-refractivity contribution is 5.53. The number of nitrogens with zero attached hydrogens (tertiary/aromatic N) is 2. The van der Waals surface area contributed by atoms with Crippen LogP contribution in [0, 0.1) is 0 Å². The first kappa shape index (κ1) is 20.8. The molecular formula is C26H38N2. The predicted octanol–water partition coefficient (Wildman–Crippen LogP) is 6.91. The van der Waals surface area contributed by atoms with Crippen molar-refractivity contribution in [1.29, 1.82) is 0 Å². The second-order valence-corrected chi connectivity index (χ2v) is 10.3. The quantitative estimate of drug-likeness (QED) is 0.516. The Morgan fingerprint density at radius 1 is 0.714 bits per heavy atom. The molecule has 0 atom stereocenters. The minimum Gasteiger partial charge on any atom is -0.367 e. The molecule has 0 heterocycles. The Kier molecular flexibility index (Phi) is 5.79. The third-order valence-corrected chi connectivity index (χ3v) is 5.89. The molecule has 2 nitrogen and oxygen atoms in total. The number of benzene rings is 2. The maximum atomic E-state index is 2.70. The Hall–Kier alpha value is -1.96. The van der Waals surface area contributed by atoms with Crippen LogP contribution in [0.2, 0.25) is 0 Å². The lowest BCUT2D eigenvalue weighted by molar-refractivity contribution is 0.393. The SMILES string of the molecule is CC(C)(C)N(CCCC1(N(c2ccccc2)C(C)(C)C)CC1)c1ccccc1. The van der Waals surface area contributed by atoms with Gasteiger partial charge in [0.2, 0.25) is 0 Å². The van der Waals surface area contributed by atoms with Gasteiger partial charge in [0.15, 0.2) is 0 Å². The van der Waals surface area contributed by atoms with E-state index in [4.69, 9.17) is 0 Å². The van der Waals surface area contributed by atoms with Gasteiger partial charge < -0.3 is 9.80 Å². The topological polar surface area (TPSA) is 6.48 Å². The summed E-state index contributed by atoms with van der Waals surface area (Å²) in [7, 11) is 0. The number of rotatable bonds is 7. The van der Waals surface area contributed by atoms with E-state index >= 15 is 0 Å². The van der Waals surface area contributed by atoms with Crippen LogP contribution in [0.15, 0.2) is 60.7 Å². The summed E-state index contributed by atoms with van der Waals surface area (Å²) in [6.07, 6.45) is 5.07. The molecule has 1 saturated carbocycles. The first-order valence-electron chi connectivity index (χ1n) is 10.8. The summed E-state index contributed by atoms with van der Waals surface area (Å²) in [6.45, 7) is 15.1. The standard InChI is InChI=1S/C26H38N2/c1-24(2,3)27(22-14-9-7-10-15-22)21-13-18-26(19-20-26)28(25(4,5)6)23-16-11-8-12-17-23/h7-12,14-17H,13,18-21H2,1-6H3. The predicted molar refractivity (Wildman–Crippen MR) is 123 cm³/mol. The average Bonchev–Trinajstić information content (AvgIpc) is 3.38. The zero-order valence-electron chi connectivity index (χ0n) is 18.7. The minimum absolute atomic E-state index is 0.126. The number of hydrogen-bond donors (Lipinski definition) is 0. The first-order valence-corrected chi connectivity index (χ1v) is 10.8. The number of hydrogen-bond acceptors (Lipinski definition) is 2. The Labute approximate surface area is 172 Å². The van der Waals surface area contributed by atoms with Crippen LogP contribution in [0.4, 0.5) is 11.4 Å². The summed E-state index contributed by atoms with van der Waals surface area (Å²) < 4.78 is 0. The van der Waals surface area contributed by atoms with Crippen LogP contribution in [-0.2, 0) is 0 Å². The molecule has 152 valence electrons. The van der Waals surface area contributed by atoms with E-state index in [0.29, 0.717) is 5.54 Å². The maximum absolute atomic E-state index is 2.70. The minimum atomic E-state index is 0.126. The third-order valence-electron chi connectivity index (χ3n) is 5.89. The van der Waals surface area contributed by atoms with E-state index in [9.17, 15) is 0 Å². The van der Waals surface area contributed by atoms with Gasteiger partial charge in [0.1, 0.15) is 0 Å². The van der Waals surface area contributed by atoms with Crippen LogP contribution in [0.25, 0.3) is 0 Å². The van der Waals surface area contributed by atoms with E-state index in [0.717, 1.165) is 6.54 Å². The summed E-state index contributed by atoms with van der Waals surface area (Å²) in [4.78, 5) is 5.26. The zero-order valence-corrected chi connectivity index (χ0v) is 18.7. The van der Waals surface area contributed by atoms with Gasteiger partial charge in [-0.25, -0.2) is 0 Å². The van der Waals surface area contributed by atoms with Gasteiger partial charge in [0, 0.05) is 34.5 Å². The molecule has 0 N–H and O–H groups in total. The number of anilines is 2. The summed E-state index contributed by atoms with van der Waals surface area (Å²) in [5, 5.41) is 0. The first-order chi connectivity index (χ1) is 13.1. The fraction of sp³-hybridized carbons (Fsp3) is 0.538. The van der Waals surface area contributed by atoms with E-state index in [1.165, 1.54) is 37.1 Å². The fourth-order valence-corrected chi connectivity index (χ4v) is 4.71. The molecule has 0 amide bonds. The molecule has 2 aromatic carbocycles. The van der Waals surface area contributed by atoms with E-state index in [-0.39, 0.29) is 11.1 Å². The Bertz CT molecular complexity index is 733. The smallest absolute Gasteiger partial charge is 0.0410 e. The molecule has 0 spiro atoms.